The topological polar surface area (TPSA) is 41.1 Å². The Balaban J connectivity index is 2.00. The van der Waals surface area contributed by atoms with Crippen LogP contribution in [-0.4, -0.2) is 6.03 Å². The van der Waals surface area contributed by atoms with Crippen LogP contribution >= 0.6 is 0 Å². The number of benzene rings is 1. The summed E-state index contributed by atoms with van der Waals surface area (Å²) in [6.45, 7) is 0. The molecule has 1 aromatic rings. The van der Waals surface area contributed by atoms with Gasteiger partial charge in [0.15, 0.2) is 0 Å². The van der Waals surface area contributed by atoms with Crippen molar-refractivity contribution in [3.05, 3.63) is 29.6 Å². The summed E-state index contributed by atoms with van der Waals surface area (Å²) in [4.78, 5) is 11.4. The van der Waals surface area contributed by atoms with Crippen LogP contribution in [0.3, 0.4) is 0 Å². The molecule has 2 aliphatic rings. The van der Waals surface area contributed by atoms with Crippen LogP contribution in [0.15, 0.2) is 18.2 Å². The van der Waals surface area contributed by atoms with Crippen LogP contribution in [0, 0.1) is 11.7 Å². The molecule has 1 aliphatic carbocycles. The number of fused-ring (bicyclic) bond motifs is 1. The van der Waals surface area contributed by atoms with E-state index in [0.29, 0.717) is 11.6 Å². The predicted molar refractivity (Wildman–Crippen MR) is 58.6 cm³/mol. The standard InChI is InChI=1S/C12H13FN2O/c13-8-4-5-9-10(6-8)14-12(16)15-11(9)7-2-1-3-7/h4-7,11H,1-3H2,(H2,14,15,16). The maximum absolute atomic E-state index is 13.1. The number of amides is 2. The van der Waals surface area contributed by atoms with E-state index in [0.717, 1.165) is 18.4 Å². The van der Waals surface area contributed by atoms with Crippen LogP contribution in [0.2, 0.25) is 0 Å². The van der Waals surface area contributed by atoms with Gasteiger partial charge in [0.1, 0.15) is 5.82 Å². The largest absolute Gasteiger partial charge is 0.331 e. The lowest BCUT2D eigenvalue weighted by Gasteiger charge is -2.37. The van der Waals surface area contributed by atoms with Crippen molar-refractivity contribution < 1.29 is 9.18 Å². The second kappa shape index (κ2) is 3.47. The summed E-state index contributed by atoms with van der Waals surface area (Å²) in [6, 6.07) is 4.43. The Labute approximate surface area is 93.0 Å². The lowest BCUT2D eigenvalue weighted by molar-refractivity contribution is 0.213. The molecule has 0 spiro atoms. The van der Waals surface area contributed by atoms with Gasteiger partial charge in [-0.1, -0.05) is 12.5 Å². The van der Waals surface area contributed by atoms with Crippen molar-refractivity contribution >= 4 is 11.7 Å². The van der Waals surface area contributed by atoms with Crippen molar-refractivity contribution in [2.75, 3.05) is 5.32 Å². The zero-order valence-electron chi connectivity index (χ0n) is 8.79. The van der Waals surface area contributed by atoms with Crippen LogP contribution in [0.25, 0.3) is 0 Å². The normalized spacial score (nSPS) is 24.1. The Hall–Kier alpha value is -1.58. The van der Waals surface area contributed by atoms with Gasteiger partial charge in [-0.15, -0.1) is 0 Å². The van der Waals surface area contributed by atoms with E-state index in [1.54, 1.807) is 6.07 Å². The first kappa shape index (κ1) is 9.63. The number of nitrogens with one attached hydrogen (secondary N) is 2. The van der Waals surface area contributed by atoms with E-state index in [1.165, 1.54) is 18.6 Å². The Kier molecular flexibility index (Phi) is 2.09. The lowest BCUT2D eigenvalue weighted by atomic mass is 9.76. The molecule has 3 nitrogen and oxygen atoms in total. The van der Waals surface area contributed by atoms with Gasteiger partial charge in [-0.3, -0.25) is 0 Å². The molecule has 3 rings (SSSR count). The minimum atomic E-state index is -0.312. The van der Waals surface area contributed by atoms with E-state index in [2.05, 4.69) is 10.6 Å². The van der Waals surface area contributed by atoms with Gasteiger partial charge in [0.25, 0.3) is 0 Å². The average Bonchev–Trinajstić information content (AvgIpc) is 2.13. The number of hydrogen-bond acceptors (Lipinski definition) is 1. The minimum absolute atomic E-state index is 0.0538. The zero-order chi connectivity index (χ0) is 11.1. The summed E-state index contributed by atoms with van der Waals surface area (Å²) >= 11 is 0. The summed E-state index contributed by atoms with van der Waals surface area (Å²) in [5.41, 5.74) is 1.62. The maximum atomic E-state index is 13.1. The van der Waals surface area contributed by atoms with E-state index in [4.69, 9.17) is 0 Å². The molecule has 1 unspecified atom stereocenters. The molecular formula is C12H13FN2O. The van der Waals surface area contributed by atoms with E-state index >= 15 is 0 Å². The summed E-state index contributed by atoms with van der Waals surface area (Å²) in [5, 5.41) is 5.57. The van der Waals surface area contributed by atoms with E-state index < -0.39 is 0 Å². The highest BCUT2D eigenvalue weighted by atomic mass is 19.1. The van der Waals surface area contributed by atoms with Crippen molar-refractivity contribution in [3.8, 4) is 0 Å². The quantitative estimate of drug-likeness (QED) is 0.750. The van der Waals surface area contributed by atoms with E-state index in [9.17, 15) is 9.18 Å². The molecule has 1 aromatic carbocycles. The molecule has 0 saturated heterocycles. The molecule has 2 N–H and O–H groups in total. The molecule has 1 heterocycles. The maximum Gasteiger partial charge on any atom is 0.319 e. The second-order valence-corrected chi connectivity index (χ2v) is 4.50. The molecule has 16 heavy (non-hydrogen) atoms. The molecular weight excluding hydrogens is 207 g/mol. The van der Waals surface area contributed by atoms with Crippen LogP contribution < -0.4 is 10.6 Å². The fourth-order valence-corrected chi connectivity index (χ4v) is 2.43. The molecule has 2 amide bonds. The van der Waals surface area contributed by atoms with Gasteiger partial charge in [-0.25, -0.2) is 9.18 Å². The van der Waals surface area contributed by atoms with Crippen LogP contribution in [0.4, 0.5) is 14.9 Å². The fourth-order valence-electron chi connectivity index (χ4n) is 2.43. The van der Waals surface area contributed by atoms with Gasteiger partial charge >= 0.3 is 6.03 Å². The molecule has 1 fully saturated rings. The second-order valence-electron chi connectivity index (χ2n) is 4.50. The molecule has 84 valence electrons. The number of hydrogen-bond donors (Lipinski definition) is 2. The third kappa shape index (κ3) is 1.45. The number of carbonyl (C=O) groups is 1. The Bertz CT molecular complexity index is 443. The Morgan fingerprint density at radius 1 is 1.31 bits per heavy atom. The number of urea groups is 1. The lowest BCUT2D eigenvalue weighted by Crippen LogP contribution is -2.42. The predicted octanol–water partition coefficient (Wildman–Crippen LogP) is 2.80. The summed E-state index contributed by atoms with van der Waals surface area (Å²) in [6.07, 6.45) is 3.50. The van der Waals surface area contributed by atoms with E-state index in [-0.39, 0.29) is 17.9 Å². The molecule has 4 heteroatoms. The van der Waals surface area contributed by atoms with Gasteiger partial charge in [0.05, 0.1) is 11.7 Å². The van der Waals surface area contributed by atoms with Crippen molar-refractivity contribution in [1.29, 1.82) is 0 Å². The molecule has 0 aromatic heterocycles. The third-order valence-electron chi connectivity index (χ3n) is 3.51. The van der Waals surface area contributed by atoms with Gasteiger partial charge < -0.3 is 10.6 Å². The molecule has 0 radical (unpaired) electrons. The van der Waals surface area contributed by atoms with Gasteiger partial charge in [0, 0.05) is 0 Å². The number of anilines is 1. The van der Waals surface area contributed by atoms with Crippen LogP contribution in [-0.2, 0) is 0 Å². The highest BCUT2D eigenvalue weighted by Gasteiger charge is 2.34. The van der Waals surface area contributed by atoms with Crippen molar-refractivity contribution in [2.45, 2.75) is 25.3 Å². The minimum Gasteiger partial charge on any atom is -0.331 e. The number of rotatable bonds is 1. The monoisotopic (exact) mass is 220 g/mol. The molecule has 0 bridgehead atoms. The smallest absolute Gasteiger partial charge is 0.319 e. The van der Waals surface area contributed by atoms with Crippen molar-refractivity contribution in [2.24, 2.45) is 5.92 Å². The first-order valence-electron chi connectivity index (χ1n) is 5.61. The number of halogens is 1. The average molecular weight is 220 g/mol. The van der Waals surface area contributed by atoms with Gasteiger partial charge in [-0.2, -0.15) is 0 Å². The summed E-state index contributed by atoms with van der Waals surface area (Å²) < 4.78 is 13.1. The first-order valence-corrected chi connectivity index (χ1v) is 5.61. The van der Waals surface area contributed by atoms with Crippen LogP contribution in [0.1, 0.15) is 30.9 Å². The molecule has 1 saturated carbocycles. The summed E-state index contributed by atoms with van der Waals surface area (Å²) in [7, 11) is 0. The Morgan fingerprint density at radius 2 is 2.12 bits per heavy atom. The highest BCUT2D eigenvalue weighted by Crippen LogP contribution is 2.41. The highest BCUT2D eigenvalue weighted by molar-refractivity contribution is 5.93. The molecule has 1 atom stereocenters. The zero-order valence-corrected chi connectivity index (χ0v) is 8.79. The molecule has 1 aliphatic heterocycles. The van der Waals surface area contributed by atoms with E-state index in [1.807, 2.05) is 0 Å². The van der Waals surface area contributed by atoms with Crippen LogP contribution in [0.5, 0.6) is 0 Å². The number of carbonyl (C=O) groups excluding carboxylic acids is 1. The fraction of sp³-hybridized carbons (Fsp3) is 0.417. The Morgan fingerprint density at radius 3 is 2.81 bits per heavy atom. The van der Waals surface area contributed by atoms with Gasteiger partial charge in [-0.05, 0) is 36.5 Å². The SMILES string of the molecule is O=C1Nc2cc(F)ccc2C(C2CCC2)N1. The summed E-state index contributed by atoms with van der Waals surface area (Å²) in [5.74, 6) is 0.198. The van der Waals surface area contributed by atoms with Crippen molar-refractivity contribution in [3.63, 3.8) is 0 Å². The first-order chi connectivity index (χ1) is 7.74. The third-order valence-corrected chi connectivity index (χ3v) is 3.51. The van der Waals surface area contributed by atoms with Gasteiger partial charge in [0.2, 0.25) is 0 Å². The van der Waals surface area contributed by atoms with Crippen molar-refractivity contribution in [1.82, 2.24) is 5.32 Å².